The third-order valence-electron chi connectivity index (χ3n) is 4.51. The third kappa shape index (κ3) is 5.42. The normalized spacial score (nSPS) is 13.9. The number of likely N-dealkylation sites (tertiary alicyclic amines) is 1. The van der Waals surface area contributed by atoms with E-state index in [0.717, 1.165) is 18.4 Å². The van der Waals surface area contributed by atoms with Crippen LogP contribution in [0.1, 0.15) is 39.1 Å². The summed E-state index contributed by atoms with van der Waals surface area (Å²) in [5.41, 5.74) is 8.34. The van der Waals surface area contributed by atoms with Crippen LogP contribution in [0.5, 0.6) is 0 Å². The van der Waals surface area contributed by atoms with Crippen LogP contribution in [0.15, 0.2) is 42.7 Å². The van der Waals surface area contributed by atoms with Gasteiger partial charge in [0, 0.05) is 37.1 Å². The predicted molar refractivity (Wildman–Crippen MR) is 111 cm³/mol. The minimum absolute atomic E-state index is 0. The molecule has 0 radical (unpaired) electrons. The van der Waals surface area contributed by atoms with Crippen LogP contribution in [0, 0.1) is 6.92 Å². The molecule has 8 heteroatoms. The number of nitrogens with two attached hydrogens (primary N) is 1. The Bertz CT molecular complexity index is 779. The Kier molecular flexibility index (Phi) is 8.69. The number of rotatable bonds is 3. The van der Waals surface area contributed by atoms with E-state index in [0.29, 0.717) is 29.9 Å². The zero-order valence-electron chi connectivity index (χ0n) is 15.1. The number of carbonyl (C=O) groups excluding carboxylic acids is 2. The van der Waals surface area contributed by atoms with Crippen molar-refractivity contribution >= 4 is 42.3 Å². The van der Waals surface area contributed by atoms with Gasteiger partial charge in [-0.1, -0.05) is 12.1 Å². The van der Waals surface area contributed by atoms with Crippen molar-refractivity contribution in [1.29, 1.82) is 0 Å². The highest BCUT2D eigenvalue weighted by atomic mass is 35.5. The Balaban J connectivity index is 0.00000182. The van der Waals surface area contributed by atoms with Gasteiger partial charge in [-0.3, -0.25) is 14.6 Å². The molecule has 2 heterocycles. The minimum Gasteiger partial charge on any atom is -0.338 e. The molecule has 2 aromatic rings. The number of halogens is 2. The second kappa shape index (κ2) is 10.3. The summed E-state index contributed by atoms with van der Waals surface area (Å²) in [4.78, 5) is 31.1. The maximum atomic E-state index is 12.9. The molecule has 1 aromatic carbocycles. The Morgan fingerprint density at radius 1 is 1.11 bits per heavy atom. The van der Waals surface area contributed by atoms with Gasteiger partial charge in [-0.15, -0.1) is 24.8 Å². The summed E-state index contributed by atoms with van der Waals surface area (Å²) in [6, 6.07) is 8.91. The number of nitrogens with zero attached hydrogens (tertiary/aromatic N) is 2. The zero-order chi connectivity index (χ0) is 17.8. The van der Waals surface area contributed by atoms with Crippen molar-refractivity contribution < 1.29 is 9.59 Å². The number of para-hydroxylation sites is 1. The minimum atomic E-state index is -0.258. The Morgan fingerprint density at radius 3 is 2.37 bits per heavy atom. The molecule has 0 atom stereocenters. The summed E-state index contributed by atoms with van der Waals surface area (Å²) >= 11 is 0. The van der Waals surface area contributed by atoms with E-state index in [9.17, 15) is 9.59 Å². The van der Waals surface area contributed by atoms with Gasteiger partial charge in [-0.25, -0.2) is 0 Å². The molecule has 146 valence electrons. The summed E-state index contributed by atoms with van der Waals surface area (Å²) in [7, 11) is 0. The SMILES string of the molecule is Cc1cccc(C(=O)N2CCC(N)CC2)c1NC(=O)c1ccncc1.Cl.Cl. The van der Waals surface area contributed by atoms with Gasteiger partial charge in [-0.2, -0.15) is 0 Å². The smallest absolute Gasteiger partial charge is 0.255 e. The highest BCUT2D eigenvalue weighted by molar-refractivity contribution is 6.09. The fourth-order valence-corrected chi connectivity index (χ4v) is 2.97. The first-order chi connectivity index (χ1) is 12.1. The molecule has 0 saturated carbocycles. The lowest BCUT2D eigenvalue weighted by Gasteiger charge is -2.31. The zero-order valence-corrected chi connectivity index (χ0v) is 16.7. The number of nitrogens with one attached hydrogen (secondary N) is 1. The van der Waals surface area contributed by atoms with E-state index in [-0.39, 0.29) is 42.7 Å². The van der Waals surface area contributed by atoms with Crippen LogP contribution in [-0.4, -0.2) is 40.8 Å². The molecule has 1 aliphatic rings. The van der Waals surface area contributed by atoms with E-state index in [1.54, 1.807) is 35.5 Å². The average Bonchev–Trinajstić information content (AvgIpc) is 2.64. The van der Waals surface area contributed by atoms with Crippen molar-refractivity contribution in [3.63, 3.8) is 0 Å². The number of hydrogen-bond donors (Lipinski definition) is 2. The topological polar surface area (TPSA) is 88.3 Å². The maximum absolute atomic E-state index is 12.9. The predicted octanol–water partition coefficient (Wildman–Crippen LogP) is 3.05. The fourth-order valence-electron chi connectivity index (χ4n) is 2.97. The largest absolute Gasteiger partial charge is 0.338 e. The number of anilines is 1. The Morgan fingerprint density at radius 2 is 1.74 bits per heavy atom. The number of aryl methyl sites for hydroxylation is 1. The molecule has 1 aliphatic heterocycles. The summed E-state index contributed by atoms with van der Waals surface area (Å²) in [5, 5.41) is 2.88. The summed E-state index contributed by atoms with van der Waals surface area (Å²) in [5.74, 6) is -0.327. The molecular formula is C19H24Cl2N4O2. The third-order valence-corrected chi connectivity index (χ3v) is 4.51. The fraction of sp³-hybridized carbons (Fsp3) is 0.316. The lowest BCUT2D eigenvalue weighted by atomic mass is 10.0. The van der Waals surface area contributed by atoms with Crippen molar-refractivity contribution in [1.82, 2.24) is 9.88 Å². The van der Waals surface area contributed by atoms with Crippen molar-refractivity contribution in [3.8, 4) is 0 Å². The number of benzene rings is 1. The molecule has 1 saturated heterocycles. The Labute approximate surface area is 171 Å². The van der Waals surface area contributed by atoms with E-state index >= 15 is 0 Å². The lowest BCUT2D eigenvalue weighted by molar-refractivity contribution is 0.0715. The first-order valence-corrected chi connectivity index (χ1v) is 8.42. The van der Waals surface area contributed by atoms with Crippen molar-refractivity contribution in [2.24, 2.45) is 5.73 Å². The van der Waals surface area contributed by atoms with Crippen LogP contribution in [0.2, 0.25) is 0 Å². The molecule has 6 nitrogen and oxygen atoms in total. The second-order valence-corrected chi connectivity index (χ2v) is 6.32. The highest BCUT2D eigenvalue weighted by Gasteiger charge is 2.24. The van der Waals surface area contributed by atoms with E-state index in [1.807, 2.05) is 19.1 Å². The Hall–Kier alpha value is -2.15. The number of carbonyl (C=O) groups is 2. The summed E-state index contributed by atoms with van der Waals surface area (Å²) in [6.07, 6.45) is 4.73. The van der Waals surface area contributed by atoms with Crippen molar-refractivity contribution in [3.05, 3.63) is 59.4 Å². The standard InChI is InChI=1S/C19H22N4O2.2ClH/c1-13-3-2-4-16(19(25)23-11-7-15(20)8-12-23)17(13)22-18(24)14-5-9-21-10-6-14;;/h2-6,9-10,15H,7-8,11-12,20H2,1H3,(H,22,24);2*1H. The summed E-state index contributed by atoms with van der Waals surface area (Å²) in [6.45, 7) is 3.17. The van der Waals surface area contributed by atoms with Gasteiger partial charge in [-0.05, 0) is 43.5 Å². The second-order valence-electron chi connectivity index (χ2n) is 6.32. The van der Waals surface area contributed by atoms with Crippen LogP contribution < -0.4 is 11.1 Å². The van der Waals surface area contributed by atoms with Gasteiger partial charge in [0.1, 0.15) is 0 Å². The number of aromatic nitrogens is 1. The number of pyridine rings is 1. The number of hydrogen-bond acceptors (Lipinski definition) is 4. The molecule has 3 N–H and O–H groups in total. The molecule has 0 bridgehead atoms. The monoisotopic (exact) mass is 410 g/mol. The van der Waals surface area contributed by atoms with Gasteiger partial charge in [0.05, 0.1) is 11.3 Å². The molecule has 0 unspecified atom stereocenters. The van der Waals surface area contributed by atoms with E-state index in [1.165, 1.54) is 0 Å². The molecule has 0 spiro atoms. The van der Waals surface area contributed by atoms with Crippen LogP contribution in [0.3, 0.4) is 0 Å². The number of piperidine rings is 1. The molecule has 2 amide bonds. The van der Waals surface area contributed by atoms with Crippen LogP contribution in [0.4, 0.5) is 5.69 Å². The molecule has 1 fully saturated rings. The van der Waals surface area contributed by atoms with E-state index in [2.05, 4.69) is 10.3 Å². The summed E-state index contributed by atoms with van der Waals surface area (Å²) < 4.78 is 0. The number of amides is 2. The average molecular weight is 411 g/mol. The maximum Gasteiger partial charge on any atom is 0.255 e. The first-order valence-electron chi connectivity index (χ1n) is 8.42. The molecular weight excluding hydrogens is 387 g/mol. The lowest BCUT2D eigenvalue weighted by Crippen LogP contribution is -2.43. The molecule has 27 heavy (non-hydrogen) atoms. The molecule has 3 rings (SSSR count). The van der Waals surface area contributed by atoms with Gasteiger partial charge in [0.25, 0.3) is 11.8 Å². The van der Waals surface area contributed by atoms with Gasteiger partial charge < -0.3 is 16.0 Å². The van der Waals surface area contributed by atoms with Crippen LogP contribution >= 0.6 is 24.8 Å². The van der Waals surface area contributed by atoms with Crippen molar-refractivity contribution in [2.45, 2.75) is 25.8 Å². The van der Waals surface area contributed by atoms with E-state index in [4.69, 9.17) is 5.73 Å². The van der Waals surface area contributed by atoms with Crippen LogP contribution in [0.25, 0.3) is 0 Å². The van der Waals surface area contributed by atoms with Gasteiger partial charge in [0.2, 0.25) is 0 Å². The first kappa shape index (κ1) is 22.9. The van der Waals surface area contributed by atoms with Crippen molar-refractivity contribution in [2.75, 3.05) is 18.4 Å². The van der Waals surface area contributed by atoms with Gasteiger partial charge in [0.15, 0.2) is 0 Å². The molecule has 0 aliphatic carbocycles. The quantitative estimate of drug-likeness (QED) is 0.813. The molecule has 1 aromatic heterocycles. The van der Waals surface area contributed by atoms with Crippen LogP contribution in [-0.2, 0) is 0 Å². The highest BCUT2D eigenvalue weighted by Crippen LogP contribution is 2.24. The van der Waals surface area contributed by atoms with E-state index < -0.39 is 0 Å². The van der Waals surface area contributed by atoms with Gasteiger partial charge >= 0.3 is 0 Å².